The minimum absolute atomic E-state index is 0.0878. The summed E-state index contributed by atoms with van der Waals surface area (Å²) in [7, 11) is 0. The molecule has 2 rings (SSSR count). The molecule has 106 valence electrons. The molecule has 0 spiro atoms. The Labute approximate surface area is 124 Å². The third-order valence-corrected chi connectivity index (χ3v) is 2.81. The second kappa shape index (κ2) is 5.67. The molecule has 0 atom stereocenters. The Kier molecular flexibility index (Phi) is 4.14. The van der Waals surface area contributed by atoms with Crippen LogP contribution in [0.25, 0.3) is 0 Å². The van der Waals surface area contributed by atoms with Crippen LogP contribution in [0.2, 0.25) is 5.02 Å². The molecule has 1 aromatic carbocycles. The summed E-state index contributed by atoms with van der Waals surface area (Å²) >= 11 is 6.14. The Morgan fingerprint density at radius 3 is 2.45 bits per heavy atom. The second-order valence-corrected chi connectivity index (χ2v) is 6.11. The van der Waals surface area contributed by atoms with Gasteiger partial charge in [-0.15, -0.1) is 0 Å². The summed E-state index contributed by atoms with van der Waals surface area (Å²) < 4.78 is 0. The molecule has 0 saturated heterocycles. The van der Waals surface area contributed by atoms with Gasteiger partial charge in [0.05, 0.1) is 10.7 Å². The quantitative estimate of drug-likeness (QED) is 0.880. The highest BCUT2D eigenvalue weighted by Crippen LogP contribution is 2.24. The van der Waals surface area contributed by atoms with Crippen LogP contribution in [0.5, 0.6) is 0 Å². The first-order valence-electron chi connectivity index (χ1n) is 6.49. The molecular formula is C15H19ClN4. The highest BCUT2D eigenvalue weighted by Gasteiger charge is 2.12. The van der Waals surface area contributed by atoms with Crippen LogP contribution in [-0.2, 0) is 0 Å². The van der Waals surface area contributed by atoms with Gasteiger partial charge in [0.15, 0.2) is 0 Å². The number of hydrogen-bond acceptors (Lipinski definition) is 4. The first-order valence-corrected chi connectivity index (χ1v) is 6.87. The van der Waals surface area contributed by atoms with Crippen molar-refractivity contribution in [1.29, 1.82) is 0 Å². The van der Waals surface area contributed by atoms with Crippen molar-refractivity contribution < 1.29 is 0 Å². The molecule has 2 N–H and O–H groups in total. The minimum atomic E-state index is -0.0878. The molecule has 20 heavy (non-hydrogen) atoms. The van der Waals surface area contributed by atoms with Crippen molar-refractivity contribution in [2.24, 2.45) is 0 Å². The van der Waals surface area contributed by atoms with Crippen LogP contribution in [0.15, 0.2) is 30.3 Å². The molecule has 1 aromatic heterocycles. The van der Waals surface area contributed by atoms with Gasteiger partial charge in [-0.25, -0.2) is 4.98 Å². The standard InChI is InChI=1S/C15H19ClN4/c1-10-9-13(18-12-8-6-5-7-11(12)16)19-14(17-10)20-15(2,3)4/h5-9H,1-4H3,(H2,17,18,19,20). The molecule has 0 fully saturated rings. The average Bonchev–Trinajstić information content (AvgIpc) is 2.29. The Hall–Kier alpha value is -1.81. The van der Waals surface area contributed by atoms with Crippen molar-refractivity contribution in [3.05, 3.63) is 41.0 Å². The SMILES string of the molecule is Cc1cc(Nc2ccccc2Cl)nc(NC(C)(C)C)n1. The normalized spacial score (nSPS) is 11.2. The third kappa shape index (κ3) is 4.10. The Balaban J connectivity index is 2.27. The van der Waals surface area contributed by atoms with Crippen molar-refractivity contribution in [3.8, 4) is 0 Å². The smallest absolute Gasteiger partial charge is 0.225 e. The Morgan fingerprint density at radius 2 is 1.80 bits per heavy atom. The van der Waals surface area contributed by atoms with Crippen LogP contribution in [0.4, 0.5) is 17.5 Å². The van der Waals surface area contributed by atoms with Gasteiger partial charge < -0.3 is 10.6 Å². The predicted molar refractivity (Wildman–Crippen MR) is 84.9 cm³/mol. The maximum atomic E-state index is 6.14. The molecule has 0 aliphatic carbocycles. The lowest BCUT2D eigenvalue weighted by molar-refractivity contribution is 0.625. The van der Waals surface area contributed by atoms with Gasteiger partial charge in [0.2, 0.25) is 5.95 Å². The van der Waals surface area contributed by atoms with E-state index in [1.807, 2.05) is 37.3 Å². The van der Waals surface area contributed by atoms with Gasteiger partial charge in [-0.1, -0.05) is 23.7 Å². The molecule has 0 radical (unpaired) electrons. The van der Waals surface area contributed by atoms with Gasteiger partial charge in [0, 0.05) is 17.3 Å². The van der Waals surface area contributed by atoms with E-state index in [2.05, 4.69) is 41.4 Å². The Morgan fingerprint density at radius 1 is 1.10 bits per heavy atom. The first kappa shape index (κ1) is 14.6. The maximum absolute atomic E-state index is 6.14. The summed E-state index contributed by atoms with van der Waals surface area (Å²) in [6.45, 7) is 8.15. The van der Waals surface area contributed by atoms with E-state index in [0.717, 1.165) is 17.2 Å². The highest BCUT2D eigenvalue weighted by atomic mass is 35.5. The van der Waals surface area contributed by atoms with E-state index in [1.165, 1.54) is 0 Å². The van der Waals surface area contributed by atoms with Gasteiger partial charge in [-0.2, -0.15) is 4.98 Å². The molecular weight excluding hydrogens is 272 g/mol. The molecule has 0 amide bonds. The third-order valence-electron chi connectivity index (χ3n) is 2.48. The number of benzene rings is 1. The summed E-state index contributed by atoms with van der Waals surface area (Å²) in [4.78, 5) is 8.85. The number of halogens is 1. The van der Waals surface area contributed by atoms with Crippen LogP contribution < -0.4 is 10.6 Å². The maximum Gasteiger partial charge on any atom is 0.225 e. The van der Waals surface area contributed by atoms with Crippen LogP contribution >= 0.6 is 11.6 Å². The lowest BCUT2D eigenvalue weighted by Gasteiger charge is -2.21. The van der Waals surface area contributed by atoms with E-state index in [4.69, 9.17) is 11.6 Å². The summed E-state index contributed by atoms with van der Waals surface area (Å²) in [5.41, 5.74) is 1.63. The lowest BCUT2D eigenvalue weighted by Crippen LogP contribution is -2.27. The van der Waals surface area contributed by atoms with E-state index in [9.17, 15) is 0 Å². The monoisotopic (exact) mass is 290 g/mol. The second-order valence-electron chi connectivity index (χ2n) is 5.70. The molecule has 2 aromatic rings. The average molecular weight is 291 g/mol. The van der Waals surface area contributed by atoms with Crippen molar-refractivity contribution in [1.82, 2.24) is 9.97 Å². The van der Waals surface area contributed by atoms with Gasteiger partial charge in [-0.05, 0) is 39.8 Å². The number of para-hydroxylation sites is 1. The molecule has 4 nitrogen and oxygen atoms in total. The van der Waals surface area contributed by atoms with Gasteiger partial charge in [-0.3, -0.25) is 0 Å². The summed E-state index contributed by atoms with van der Waals surface area (Å²) in [5.74, 6) is 1.32. The largest absolute Gasteiger partial charge is 0.350 e. The molecule has 0 saturated carbocycles. The van der Waals surface area contributed by atoms with E-state index >= 15 is 0 Å². The number of hydrogen-bond donors (Lipinski definition) is 2. The predicted octanol–water partition coefficient (Wildman–Crippen LogP) is 4.39. The molecule has 1 heterocycles. The minimum Gasteiger partial charge on any atom is -0.350 e. The topological polar surface area (TPSA) is 49.8 Å². The summed E-state index contributed by atoms with van der Waals surface area (Å²) in [6.07, 6.45) is 0. The van der Waals surface area contributed by atoms with Crippen molar-refractivity contribution >= 4 is 29.1 Å². The molecule has 0 aliphatic rings. The summed E-state index contributed by atoms with van der Waals surface area (Å²) in [6, 6.07) is 9.46. The number of nitrogens with one attached hydrogen (secondary N) is 2. The van der Waals surface area contributed by atoms with Gasteiger partial charge in [0.1, 0.15) is 5.82 Å². The van der Waals surface area contributed by atoms with E-state index in [1.54, 1.807) is 0 Å². The number of aryl methyl sites for hydroxylation is 1. The van der Waals surface area contributed by atoms with Crippen molar-refractivity contribution in [2.45, 2.75) is 33.2 Å². The number of aromatic nitrogens is 2. The Bertz CT molecular complexity index is 605. The van der Waals surface area contributed by atoms with E-state index in [-0.39, 0.29) is 5.54 Å². The fourth-order valence-corrected chi connectivity index (χ4v) is 1.91. The zero-order chi connectivity index (χ0) is 14.8. The van der Waals surface area contributed by atoms with Crippen LogP contribution in [0.3, 0.4) is 0 Å². The molecule has 5 heteroatoms. The van der Waals surface area contributed by atoms with Crippen LogP contribution in [0.1, 0.15) is 26.5 Å². The van der Waals surface area contributed by atoms with Gasteiger partial charge in [0.25, 0.3) is 0 Å². The zero-order valence-electron chi connectivity index (χ0n) is 12.2. The van der Waals surface area contributed by atoms with Crippen LogP contribution in [-0.4, -0.2) is 15.5 Å². The van der Waals surface area contributed by atoms with E-state index in [0.29, 0.717) is 11.0 Å². The van der Waals surface area contributed by atoms with Crippen molar-refractivity contribution in [2.75, 3.05) is 10.6 Å². The first-order chi connectivity index (χ1) is 9.33. The molecule has 0 aliphatic heterocycles. The molecule has 0 bridgehead atoms. The number of nitrogens with zero attached hydrogens (tertiary/aromatic N) is 2. The van der Waals surface area contributed by atoms with E-state index < -0.39 is 0 Å². The fourth-order valence-electron chi connectivity index (χ4n) is 1.72. The molecule has 0 unspecified atom stereocenters. The lowest BCUT2D eigenvalue weighted by atomic mass is 10.1. The number of rotatable bonds is 3. The summed E-state index contributed by atoms with van der Waals surface area (Å²) in [5, 5.41) is 7.14. The van der Waals surface area contributed by atoms with Crippen molar-refractivity contribution in [3.63, 3.8) is 0 Å². The zero-order valence-corrected chi connectivity index (χ0v) is 12.9. The highest BCUT2D eigenvalue weighted by molar-refractivity contribution is 6.33. The van der Waals surface area contributed by atoms with Crippen LogP contribution in [0, 0.1) is 6.92 Å². The fraction of sp³-hybridized carbons (Fsp3) is 0.333. The number of anilines is 3. The van der Waals surface area contributed by atoms with Gasteiger partial charge >= 0.3 is 0 Å².